The summed E-state index contributed by atoms with van der Waals surface area (Å²) < 4.78 is 13.9. The summed E-state index contributed by atoms with van der Waals surface area (Å²) in [6.45, 7) is 4.03. The number of hydrogen-bond acceptors (Lipinski definition) is 4. The zero-order valence-corrected chi connectivity index (χ0v) is 12.7. The average molecular weight is 288 g/mol. The van der Waals surface area contributed by atoms with E-state index in [2.05, 4.69) is 27.5 Å². The van der Waals surface area contributed by atoms with Crippen molar-refractivity contribution >= 4 is 11.6 Å². The van der Waals surface area contributed by atoms with E-state index in [0.29, 0.717) is 5.56 Å². The van der Waals surface area contributed by atoms with Crippen LogP contribution in [0.3, 0.4) is 0 Å². The van der Waals surface area contributed by atoms with Gasteiger partial charge >= 0.3 is 0 Å². The van der Waals surface area contributed by atoms with Crippen molar-refractivity contribution in [2.75, 3.05) is 17.7 Å². The third-order valence-electron chi connectivity index (χ3n) is 3.41. The van der Waals surface area contributed by atoms with Crippen LogP contribution in [0.15, 0.2) is 30.6 Å². The van der Waals surface area contributed by atoms with Gasteiger partial charge < -0.3 is 10.6 Å². The van der Waals surface area contributed by atoms with Gasteiger partial charge in [0.2, 0.25) is 0 Å². The maximum atomic E-state index is 13.9. The minimum Gasteiger partial charge on any atom is -0.373 e. The summed E-state index contributed by atoms with van der Waals surface area (Å²) >= 11 is 0. The molecule has 0 aliphatic carbocycles. The van der Waals surface area contributed by atoms with Crippen LogP contribution in [0.25, 0.3) is 0 Å². The highest BCUT2D eigenvalue weighted by atomic mass is 19.1. The van der Waals surface area contributed by atoms with Gasteiger partial charge in [-0.2, -0.15) is 0 Å². The van der Waals surface area contributed by atoms with Gasteiger partial charge in [-0.3, -0.25) is 0 Å². The fraction of sp³-hybridized carbons (Fsp3) is 0.375. The van der Waals surface area contributed by atoms with Gasteiger partial charge in [0.15, 0.2) is 0 Å². The van der Waals surface area contributed by atoms with Crippen LogP contribution in [0.5, 0.6) is 0 Å². The third-order valence-corrected chi connectivity index (χ3v) is 3.41. The quantitative estimate of drug-likeness (QED) is 0.849. The van der Waals surface area contributed by atoms with E-state index in [1.165, 1.54) is 12.4 Å². The van der Waals surface area contributed by atoms with E-state index in [1.807, 2.05) is 20.0 Å². The van der Waals surface area contributed by atoms with E-state index in [-0.39, 0.29) is 11.9 Å². The average Bonchev–Trinajstić information content (AvgIpc) is 2.49. The Morgan fingerprint density at radius 2 is 1.90 bits per heavy atom. The zero-order chi connectivity index (χ0) is 15.2. The van der Waals surface area contributed by atoms with E-state index in [4.69, 9.17) is 0 Å². The van der Waals surface area contributed by atoms with E-state index < -0.39 is 0 Å². The molecule has 0 aliphatic rings. The highest BCUT2D eigenvalue weighted by Crippen LogP contribution is 2.26. The normalized spacial score (nSPS) is 12.0. The molecule has 2 aromatic rings. The van der Waals surface area contributed by atoms with Crippen molar-refractivity contribution in [2.24, 2.45) is 0 Å². The van der Waals surface area contributed by atoms with Gasteiger partial charge in [-0.15, -0.1) is 0 Å². The first kappa shape index (κ1) is 15.2. The second-order valence-electron chi connectivity index (χ2n) is 4.94. The van der Waals surface area contributed by atoms with Gasteiger partial charge in [0.05, 0.1) is 6.04 Å². The van der Waals surface area contributed by atoms with Crippen molar-refractivity contribution in [1.29, 1.82) is 0 Å². The molecule has 0 fully saturated rings. The standard InChI is InChI=1S/C16H21FN4/c1-4-7-13-15(18-3)19-10-20-16(13)21-11(2)12-8-5-6-9-14(12)17/h5-6,8-11H,4,7H2,1-3H3,(H2,18,19,20,21). The molecule has 2 N–H and O–H groups in total. The Bertz CT molecular complexity index is 601. The molecule has 2 rings (SSSR count). The molecule has 1 unspecified atom stereocenters. The highest BCUT2D eigenvalue weighted by molar-refractivity contribution is 5.58. The van der Waals surface area contributed by atoms with Crippen LogP contribution >= 0.6 is 0 Å². The number of rotatable bonds is 6. The smallest absolute Gasteiger partial charge is 0.135 e. The molecule has 4 nitrogen and oxygen atoms in total. The van der Waals surface area contributed by atoms with Gasteiger partial charge in [0.25, 0.3) is 0 Å². The van der Waals surface area contributed by atoms with Crippen LogP contribution in [-0.2, 0) is 6.42 Å². The van der Waals surface area contributed by atoms with Gasteiger partial charge in [-0.1, -0.05) is 31.5 Å². The Labute approximate surface area is 124 Å². The Hall–Kier alpha value is -2.17. The Balaban J connectivity index is 2.29. The predicted octanol–water partition coefficient (Wildman–Crippen LogP) is 3.78. The van der Waals surface area contributed by atoms with Crippen LogP contribution in [0.1, 0.15) is 37.4 Å². The van der Waals surface area contributed by atoms with Gasteiger partial charge in [-0.05, 0) is 19.4 Å². The maximum Gasteiger partial charge on any atom is 0.135 e. The molecular formula is C16H21FN4. The molecule has 21 heavy (non-hydrogen) atoms. The van der Waals surface area contributed by atoms with E-state index >= 15 is 0 Å². The predicted molar refractivity (Wildman–Crippen MR) is 84.0 cm³/mol. The molecule has 112 valence electrons. The summed E-state index contributed by atoms with van der Waals surface area (Å²) in [7, 11) is 1.84. The van der Waals surface area contributed by atoms with Crippen molar-refractivity contribution in [3.63, 3.8) is 0 Å². The monoisotopic (exact) mass is 288 g/mol. The lowest BCUT2D eigenvalue weighted by atomic mass is 10.1. The van der Waals surface area contributed by atoms with Crippen LogP contribution in [0.4, 0.5) is 16.0 Å². The van der Waals surface area contributed by atoms with Crippen molar-refractivity contribution in [2.45, 2.75) is 32.7 Å². The first-order chi connectivity index (χ1) is 10.2. The lowest BCUT2D eigenvalue weighted by Crippen LogP contribution is -2.13. The summed E-state index contributed by atoms with van der Waals surface area (Å²) in [5.74, 6) is 1.36. The summed E-state index contributed by atoms with van der Waals surface area (Å²) in [5, 5.41) is 6.38. The molecular weight excluding hydrogens is 267 g/mol. The van der Waals surface area contributed by atoms with E-state index in [9.17, 15) is 4.39 Å². The summed E-state index contributed by atoms with van der Waals surface area (Å²) in [6.07, 6.45) is 3.37. The summed E-state index contributed by atoms with van der Waals surface area (Å²) in [6, 6.07) is 6.62. The van der Waals surface area contributed by atoms with Gasteiger partial charge in [-0.25, -0.2) is 14.4 Å². The van der Waals surface area contributed by atoms with Crippen LogP contribution in [0, 0.1) is 5.82 Å². The highest BCUT2D eigenvalue weighted by Gasteiger charge is 2.15. The summed E-state index contributed by atoms with van der Waals surface area (Å²) in [5.41, 5.74) is 1.66. The molecule has 1 aromatic heterocycles. The van der Waals surface area contributed by atoms with Gasteiger partial charge in [0.1, 0.15) is 23.8 Å². The van der Waals surface area contributed by atoms with Crippen molar-refractivity contribution in [3.05, 3.63) is 47.5 Å². The van der Waals surface area contributed by atoms with Crippen molar-refractivity contribution < 1.29 is 4.39 Å². The molecule has 0 spiro atoms. The molecule has 1 heterocycles. The van der Waals surface area contributed by atoms with Crippen LogP contribution in [0.2, 0.25) is 0 Å². The topological polar surface area (TPSA) is 49.8 Å². The number of nitrogens with zero attached hydrogens (tertiary/aromatic N) is 2. The Morgan fingerprint density at radius 1 is 1.19 bits per heavy atom. The number of nitrogens with one attached hydrogen (secondary N) is 2. The SMILES string of the molecule is CCCc1c(NC)ncnc1NC(C)c1ccccc1F. The molecule has 1 atom stereocenters. The van der Waals surface area contributed by atoms with E-state index in [1.54, 1.807) is 12.1 Å². The Morgan fingerprint density at radius 3 is 2.57 bits per heavy atom. The molecule has 0 saturated carbocycles. The molecule has 0 aliphatic heterocycles. The number of hydrogen-bond donors (Lipinski definition) is 2. The molecule has 0 saturated heterocycles. The second kappa shape index (κ2) is 7.02. The molecule has 0 radical (unpaired) electrons. The second-order valence-corrected chi connectivity index (χ2v) is 4.94. The number of halogens is 1. The lowest BCUT2D eigenvalue weighted by molar-refractivity contribution is 0.600. The zero-order valence-electron chi connectivity index (χ0n) is 12.7. The minimum atomic E-state index is -0.211. The third kappa shape index (κ3) is 3.48. The molecule has 0 bridgehead atoms. The fourth-order valence-electron chi connectivity index (χ4n) is 2.35. The molecule has 0 amide bonds. The largest absolute Gasteiger partial charge is 0.373 e. The van der Waals surface area contributed by atoms with Gasteiger partial charge in [0, 0.05) is 18.2 Å². The number of benzene rings is 1. The number of aromatic nitrogens is 2. The first-order valence-corrected chi connectivity index (χ1v) is 7.20. The first-order valence-electron chi connectivity index (χ1n) is 7.20. The maximum absolute atomic E-state index is 13.9. The molecule has 1 aromatic carbocycles. The number of anilines is 2. The van der Waals surface area contributed by atoms with Crippen molar-refractivity contribution in [1.82, 2.24) is 9.97 Å². The Kier molecular flexibility index (Phi) is 5.09. The van der Waals surface area contributed by atoms with Crippen LogP contribution in [-0.4, -0.2) is 17.0 Å². The fourth-order valence-corrected chi connectivity index (χ4v) is 2.35. The van der Waals surface area contributed by atoms with Crippen LogP contribution < -0.4 is 10.6 Å². The summed E-state index contributed by atoms with van der Waals surface area (Å²) in [4.78, 5) is 8.55. The van der Waals surface area contributed by atoms with E-state index in [0.717, 1.165) is 30.0 Å². The lowest BCUT2D eigenvalue weighted by Gasteiger charge is -2.19. The minimum absolute atomic E-state index is 0.165. The van der Waals surface area contributed by atoms with Crippen molar-refractivity contribution in [3.8, 4) is 0 Å². The molecule has 5 heteroatoms.